The van der Waals surface area contributed by atoms with Gasteiger partial charge in [-0.2, -0.15) is 5.10 Å². The van der Waals surface area contributed by atoms with E-state index in [9.17, 15) is 0 Å². The summed E-state index contributed by atoms with van der Waals surface area (Å²) in [6, 6.07) is 12.3. The van der Waals surface area contributed by atoms with Crippen LogP contribution < -0.4 is 10.5 Å². The van der Waals surface area contributed by atoms with Gasteiger partial charge in [-0.25, -0.2) is 0 Å². The number of fused-ring (bicyclic) bond motifs is 1. The van der Waals surface area contributed by atoms with Gasteiger partial charge in [0.25, 0.3) is 0 Å². The molecular weight excluding hydrogens is 262 g/mol. The van der Waals surface area contributed by atoms with Crippen molar-refractivity contribution >= 4 is 10.8 Å². The van der Waals surface area contributed by atoms with Crippen molar-refractivity contribution in [3.63, 3.8) is 0 Å². The molecule has 4 nitrogen and oxygen atoms in total. The fourth-order valence-electron chi connectivity index (χ4n) is 2.48. The number of aromatic nitrogens is 2. The number of nitrogens with two attached hydrogens (primary N) is 1. The van der Waals surface area contributed by atoms with Crippen LogP contribution in [0.4, 0.5) is 0 Å². The number of hydrogen-bond donors (Lipinski definition) is 1. The Kier molecular flexibility index (Phi) is 3.62. The van der Waals surface area contributed by atoms with E-state index in [2.05, 4.69) is 23.3 Å². The summed E-state index contributed by atoms with van der Waals surface area (Å²) in [6.07, 6.45) is 3.77. The fraction of sp³-hybridized carbons (Fsp3) is 0.235. The third-order valence-corrected chi connectivity index (χ3v) is 3.54. The molecule has 0 bridgehead atoms. The molecule has 0 fully saturated rings. The third kappa shape index (κ3) is 2.76. The summed E-state index contributed by atoms with van der Waals surface area (Å²) < 4.78 is 7.85. The van der Waals surface area contributed by atoms with Crippen molar-refractivity contribution in [2.24, 2.45) is 12.8 Å². The second-order valence-corrected chi connectivity index (χ2v) is 5.30. The monoisotopic (exact) mass is 281 g/mol. The minimum atomic E-state index is -0.0708. The number of benzene rings is 2. The van der Waals surface area contributed by atoms with Crippen LogP contribution in [0.5, 0.6) is 5.75 Å². The van der Waals surface area contributed by atoms with Crippen molar-refractivity contribution in [3.8, 4) is 5.75 Å². The molecule has 0 amide bonds. The van der Waals surface area contributed by atoms with E-state index in [0.717, 1.165) is 27.6 Å². The lowest BCUT2D eigenvalue weighted by Gasteiger charge is -2.16. The van der Waals surface area contributed by atoms with Crippen molar-refractivity contribution in [1.82, 2.24) is 9.78 Å². The second-order valence-electron chi connectivity index (χ2n) is 5.30. The van der Waals surface area contributed by atoms with Gasteiger partial charge in [-0.05, 0) is 12.3 Å². The summed E-state index contributed by atoms with van der Waals surface area (Å²) in [7, 11) is 1.90. The van der Waals surface area contributed by atoms with Crippen molar-refractivity contribution < 1.29 is 4.74 Å². The zero-order chi connectivity index (χ0) is 14.8. The van der Waals surface area contributed by atoms with Crippen molar-refractivity contribution in [2.75, 3.05) is 0 Å². The molecule has 0 aliphatic carbocycles. The van der Waals surface area contributed by atoms with Crippen LogP contribution in [0.25, 0.3) is 10.8 Å². The number of rotatable bonds is 4. The van der Waals surface area contributed by atoms with Gasteiger partial charge in [0.15, 0.2) is 0 Å². The smallest absolute Gasteiger partial charge is 0.132 e. The van der Waals surface area contributed by atoms with Gasteiger partial charge in [-0.1, -0.05) is 36.4 Å². The molecule has 0 saturated carbocycles. The molecule has 21 heavy (non-hydrogen) atoms. The van der Waals surface area contributed by atoms with E-state index in [4.69, 9.17) is 10.5 Å². The lowest BCUT2D eigenvalue weighted by Crippen LogP contribution is -2.08. The molecule has 0 saturated heterocycles. The van der Waals surface area contributed by atoms with Crippen LogP contribution in [0.2, 0.25) is 0 Å². The molecule has 3 rings (SSSR count). The van der Waals surface area contributed by atoms with Gasteiger partial charge in [-0.15, -0.1) is 0 Å². The van der Waals surface area contributed by atoms with Crippen molar-refractivity contribution in [1.29, 1.82) is 0 Å². The molecule has 0 spiro atoms. The Morgan fingerprint density at radius 3 is 2.76 bits per heavy atom. The highest BCUT2D eigenvalue weighted by Crippen LogP contribution is 2.33. The quantitative estimate of drug-likeness (QED) is 0.799. The van der Waals surface area contributed by atoms with Gasteiger partial charge in [0.2, 0.25) is 0 Å². The first-order valence-corrected chi connectivity index (χ1v) is 7.02. The average molecular weight is 281 g/mol. The van der Waals surface area contributed by atoms with Crippen LogP contribution in [0, 0.1) is 0 Å². The van der Waals surface area contributed by atoms with Crippen LogP contribution >= 0.6 is 0 Å². The standard InChI is InChI=1S/C17H19N3O/c1-12(18)15-8-7-14-5-3-4-6-16(14)17(15)21-11-13-9-19-20(2)10-13/h3-10,12H,11,18H2,1-2H3. The molecule has 2 aromatic carbocycles. The molecule has 0 aliphatic rings. The van der Waals surface area contributed by atoms with E-state index in [1.54, 1.807) is 4.68 Å². The normalized spacial score (nSPS) is 12.5. The maximum absolute atomic E-state index is 6.08. The van der Waals surface area contributed by atoms with E-state index in [0.29, 0.717) is 6.61 Å². The van der Waals surface area contributed by atoms with Gasteiger partial charge >= 0.3 is 0 Å². The van der Waals surface area contributed by atoms with E-state index in [1.165, 1.54) is 0 Å². The zero-order valence-electron chi connectivity index (χ0n) is 12.3. The third-order valence-electron chi connectivity index (χ3n) is 3.54. The highest BCUT2D eigenvalue weighted by atomic mass is 16.5. The Morgan fingerprint density at radius 2 is 2.05 bits per heavy atom. The molecule has 4 heteroatoms. The van der Waals surface area contributed by atoms with Gasteiger partial charge in [-0.3, -0.25) is 4.68 Å². The topological polar surface area (TPSA) is 53.1 Å². The molecule has 2 N–H and O–H groups in total. The summed E-state index contributed by atoms with van der Waals surface area (Å²) in [5, 5.41) is 6.41. The predicted octanol–water partition coefficient (Wildman–Crippen LogP) is 3.17. The minimum Gasteiger partial charge on any atom is -0.488 e. The molecule has 0 radical (unpaired) electrons. The Bertz CT molecular complexity index is 762. The molecule has 1 heterocycles. The number of nitrogens with zero attached hydrogens (tertiary/aromatic N) is 2. The van der Waals surface area contributed by atoms with Gasteiger partial charge in [0.05, 0.1) is 6.20 Å². The molecule has 108 valence electrons. The fourth-order valence-corrected chi connectivity index (χ4v) is 2.48. The summed E-state index contributed by atoms with van der Waals surface area (Å²) in [5.41, 5.74) is 8.15. The number of hydrogen-bond acceptors (Lipinski definition) is 3. The molecule has 1 unspecified atom stereocenters. The summed E-state index contributed by atoms with van der Waals surface area (Å²) in [4.78, 5) is 0. The number of aryl methyl sites for hydroxylation is 1. The molecule has 3 aromatic rings. The first-order valence-electron chi connectivity index (χ1n) is 7.02. The van der Waals surface area contributed by atoms with Crippen molar-refractivity contribution in [2.45, 2.75) is 19.6 Å². The van der Waals surface area contributed by atoms with Gasteiger partial charge in [0, 0.05) is 35.8 Å². The molecular formula is C17H19N3O. The van der Waals surface area contributed by atoms with Crippen LogP contribution in [0.3, 0.4) is 0 Å². The Balaban J connectivity index is 1.99. The van der Waals surface area contributed by atoms with E-state index in [1.807, 2.05) is 44.6 Å². The van der Waals surface area contributed by atoms with E-state index in [-0.39, 0.29) is 6.04 Å². The SMILES string of the molecule is CC(N)c1ccc2ccccc2c1OCc1cnn(C)c1. The van der Waals surface area contributed by atoms with Crippen LogP contribution in [0.1, 0.15) is 24.1 Å². The molecule has 1 atom stereocenters. The lowest BCUT2D eigenvalue weighted by atomic mass is 10.0. The Morgan fingerprint density at radius 1 is 1.24 bits per heavy atom. The van der Waals surface area contributed by atoms with Gasteiger partial charge in [0.1, 0.15) is 12.4 Å². The van der Waals surface area contributed by atoms with E-state index < -0.39 is 0 Å². The maximum Gasteiger partial charge on any atom is 0.132 e. The first-order chi connectivity index (χ1) is 10.1. The molecule has 1 aromatic heterocycles. The van der Waals surface area contributed by atoms with E-state index >= 15 is 0 Å². The Hall–Kier alpha value is -2.33. The summed E-state index contributed by atoms with van der Waals surface area (Å²) in [5.74, 6) is 0.868. The van der Waals surface area contributed by atoms with Crippen LogP contribution in [-0.4, -0.2) is 9.78 Å². The largest absolute Gasteiger partial charge is 0.488 e. The Labute approximate surface area is 124 Å². The second kappa shape index (κ2) is 5.58. The highest BCUT2D eigenvalue weighted by molar-refractivity contribution is 5.89. The van der Waals surface area contributed by atoms with Crippen molar-refractivity contribution in [3.05, 3.63) is 59.9 Å². The molecule has 0 aliphatic heterocycles. The summed E-state index contributed by atoms with van der Waals surface area (Å²) in [6.45, 7) is 2.46. The first kappa shape index (κ1) is 13.6. The van der Waals surface area contributed by atoms with Crippen LogP contribution in [0.15, 0.2) is 48.8 Å². The lowest BCUT2D eigenvalue weighted by molar-refractivity contribution is 0.305. The summed E-state index contributed by atoms with van der Waals surface area (Å²) >= 11 is 0. The number of ether oxygens (including phenoxy) is 1. The maximum atomic E-state index is 6.08. The minimum absolute atomic E-state index is 0.0708. The van der Waals surface area contributed by atoms with Crippen LogP contribution in [-0.2, 0) is 13.7 Å². The van der Waals surface area contributed by atoms with Gasteiger partial charge < -0.3 is 10.5 Å². The average Bonchev–Trinajstić information content (AvgIpc) is 2.90. The highest BCUT2D eigenvalue weighted by Gasteiger charge is 2.12. The zero-order valence-corrected chi connectivity index (χ0v) is 12.3. The predicted molar refractivity (Wildman–Crippen MR) is 84.1 cm³/mol.